The molecule has 4 nitrogen and oxygen atoms in total. The summed E-state index contributed by atoms with van der Waals surface area (Å²) in [6.07, 6.45) is 4.29. The summed E-state index contributed by atoms with van der Waals surface area (Å²) in [7, 11) is 1.45. The predicted molar refractivity (Wildman–Crippen MR) is 71.5 cm³/mol. The fourth-order valence-electron chi connectivity index (χ4n) is 2.31. The number of carbonyl (C=O) groups is 1. The predicted octanol–water partition coefficient (Wildman–Crippen LogP) is 2.12. The van der Waals surface area contributed by atoms with Gasteiger partial charge in [0, 0.05) is 12.6 Å². The molecule has 1 rings (SSSR count). The second-order valence-electron chi connectivity index (χ2n) is 5.44. The summed E-state index contributed by atoms with van der Waals surface area (Å²) in [5.41, 5.74) is -0.642. The van der Waals surface area contributed by atoms with Gasteiger partial charge in [-0.25, -0.2) is 4.79 Å². The van der Waals surface area contributed by atoms with E-state index in [1.54, 1.807) is 0 Å². The van der Waals surface area contributed by atoms with Crippen molar-refractivity contribution in [3.63, 3.8) is 0 Å². The van der Waals surface area contributed by atoms with Crippen LogP contribution < -0.4 is 5.32 Å². The number of rotatable bonds is 9. The van der Waals surface area contributed by atoms with Crippen LogP contribution in [-0.4, -0.2) is 37.9 Å². The maximum absolute atomic E-state index is 12.1. The third-order valence-electron chi connectivity index (χ3n) is 3.34. The lowest BCUT2D eigenvalue weighted by Gasteiger charge is -2.34. The molecule has 0 radical (unpaired) electrons. The Balaban J connectivity index is 2.67. The Labute approximate surface area is 110 Å². The van der Waals surface area contributed by atoms with Gasteiger partial charge in [0.25, 0.3) is 0 Å². The summed E-state index contributed by atoms with van der Waals surface area (Å²) < 4.78 is 10.7. The summed E-state index contributed by atoms with van der Waals surface area (Å²) in [6, 6.07) is 0.236. The van der Waals surface area contributed by atoms with Gasteiger partial charge < -0.3 is 9.47 Å². The molecule has 0 bridgehead atoms. The molecule has 0 aromatic carbocycles. The molecule has 1 unspecified atom stereocenters. The van der Waals surface area contributed by atoms with Crippen LogP contribution in [0.2, 0.25) is 0 Å². The Kier molecular flexibility index (Phi) is 6.09. The Bertz CT molecular complexity index is 264. The molecule has 0 heterocycles. The first-order valence-electron chi connectivity index (χ1n) is 7.00. The number of ether oxygens (including phenoxy) is 2. The molecule has 0 amide bonds. The van der Waals surface area contributed by atoms with Crippen molar-refractivity contribution in [3.8, 4) is 0 Å². The molecule has 1 fully saturated rings. The van der Waals surface area contributed by atoms with Gasteiger partial charge in [0.1, 0.15) is 5.54 Å². The molecule has 0 spiro atoms. The van der Waals surface area contributed by atoms with Crippen molar-refractivity contribution in [2.24, 2.45) is 5.92 Å². The van der Waals surface area contributed by atoms with E-state index in [1.165, 1.54) is 7.11 Å². The average Bonchev–Trinajstić information content (AvgIpc) is 3.16. The quantitative estimate of drug-likeness (QED) is 0.508. The van der Waals surface area contributed by atoms with E-state index in [4.69, 9.17) is 9.47 Å². The first-order chi connectivity index (χ1) is 8.56. The molecular weight excluding hydrogens is 230 g/mol. The van der Waals surface area contributed by atoms with Gasteiger partial charge in [-0.3, -0.25) is 5.32 Å². The molecule has 0 aromatic heterocycles. The van der Waals surface area contributed by atoms with E-state index in [-0.39, 0.29) is 12.0 Å². The summed E-state index contributed by atoms with van der Waals surface area (Å²) in [5.74, 6) is 0.171. The molecule has 106 valence electrons. The zero-order valence-corrected chi connectivity index (χ0v) is 12.1. The van der Waals surface area contributed by atoms with Gasteiger partial charge in [0.2, 0.25) is 0 Å². The first kappa shape index (κ1) is 15.4. The van der Waals surface area contributed by atoms with Gasteiger partial charge in [0.05, 0.1) is 13.7 Å². The fraction of sp³-hybridized carbons (Fsp3) is 0.929. The van der Waals surface area contributed by atoms with Crippen LogP contribution in [0.15, 0.2) is 0 Å². The van der Waals surface area contributed by atoms with Crippen molar-refractivity contribution in [3.05, 3.63) is 0 Å². The van der Waals surface area contributed by atoms with Crippen LogP contribution in [0.3, 0.4) is 0 Å². The molecule has 0 aromatic rings. The lowest BCUT2D eigenvalue weighted by molar-refractivity contribution is -0.153. The molecule has 1 aliphatic carbocycles. The van der Waals surface area contributed by atoms with Gasteiger partial charge >= 0.3 is 5.97 Å². The minimum atomic E-state index is -0.642. The maximum Gasteiger partial charge on any atom is 0.328 e. The van der Waals surface area contributed by atoms with E-state index >= 15 is 0 Å². The maximum atomic E-state index is 12.1. The number of unbranched alkanes of at least 4 members (excludes halogenated alkanes) is 1. The van der Waals surface area contributed by atoms with Crippen molar-refractivity contribution < 1.29 is 14.3 Å². The van der Waals surface area contributed by atoms with E-state index in [0.29, 0.717) is 19.1 Å². The molecule has 4 heteroatoms. The summed E-state index contributed by atoms with van der Waals surface area (Å²) in [4.78, 5) is 12.1. The highest BCUT2D eigenvalue weighted by Gasteiger charge is 2.52. The number of nitrogens with one attached hydrogen (secondary N) is 1. The van der Waals surface area contributed by atoms with Gasteiger partial charge in [-0.15, -0.1) is 0 Å². The number of carbonyl (C=O) groups excluding carboxylic acids is 1. The van der Waals surface area contributed by atoms with E-state index < -0.39 is 5.54 Å². The van der Waals surface area contributed by atoms with Gasteiger partial charge in [-0.1, -0.05) is 13.3 Å². The molecular formula is C14H27NO3. The third-order valence-corrected chi connectivity index (χ3v) is 3.34. The van der Waals surface area contributed by atoms with Gasteiger partial charge in [0.15, 0.2) is 0 Å². The van der Waals surface area contributed by atoms with Crippen molar-refractivity contribution in [1.82, 2.24) is 5.32 Å². The SMILES string of the molecule is CCCCOCC(NC(C)C)(C(=O)OC)C1CC1. The molecule has 0 aliphatic heterocycles. The van der Waals surface area contributed by atoms with Crippen LogP contribution in [-0.2, 0) is 14.3 Å². The van der Waals surface area contributed by atoms with Crippen LogP contribution in [0.4, 0.5) is 0 Å². The Hall–Kier alpha value is -0.610. The van der Waals surface area contributed by atoms with Crippen molar-refractivity contribution in [1.29, 1.82) is 0 Å². The van der Waals surface area contributed by atoms with Crippen molar-refractivity contribution in [2.45, 2.75) is 58.0 Å². The fourth-order valence-corrected chi connectivity index (χ4v) is 2.31. The van der Waals surface area contributed by atoms with E-state index in [2.05, 4.69) is 12.2 Å². The summed E-state index contributed by atoms with van der Waals surface area (Å²) in [5, 5.41) is 3.38. The van der Waals surface area contributed by atoms with Crippen LogP contribution in [0.1, 0.15) is 46.5 Å². The zero-order chi connectivity index (χ0) is 13.6. The number of hydrogen-bond donors (Lipinski definition) is 1. The topological polar surface area (TPSA) is 47.6 Å². The second-order valence-corrected chi connectivity index (χ2v) is 5.44. The van der Waals surface area contributed by atoms with Crippen LogP contribution in [0, 0.1) is 5.92 Å². The normalized spacial score (nSPS) is 18.7. The summed E-state index contributed by atoms with van der Waals surface area (Å²) in [6.45, 7) is 7.35. The van der Waals surface area contributed by atoms with Crippen LogP contribution >= 0.6 is 0 Å². The Morgan fingerprint density at radius 3 is 2.56 bits per heavy atom. The van der Waals surface area contributed by atoms with Gasteiger partial charge in [-0.05, 0) is 39.0 Å². The highest BCUT2D eigenvalue weighted by Crippen LogP contribution is 2.41. The van der Waals surface area contributed by atoms with E-state index in [1.807, 2.05) is 13.8 Å². The highest BCUT2D eigenvalue weighted by atomic mass is 16.5. The minimum Gasteiger partial charge on any atom is -0.468 e. The highest BCUT2D eigenvalue weighted by molar-refractivity contribution is 5.82. The molecule has 18 heavy (non-hydrogen) atoms. The van der Waals surface area contributed by atoms with Gasteiger partial charge in [-0.2, -0.15) is 0 Å². The number of hydrogen-bond acceptors (Lipinski definition) is 4. The average molecular weight is 257 g/mol. The lowest BCUT2D eigenvalue weighted by Crippen LogP contribution is -2.60. The van der Waals surface area contributed by atoms with Crippen LogP contribution in [0.5, 0.6) is 0 Å². The zero-order valence-electron chi connectivity index (χ0n) is 12.1. The summed E-state index contributed by atoms with van der Waals surface area (Å²) >= 11 is 0. The second kappa shape index (κ2) is 7.10. The van der Waals surface area contributed by atoms with Crippen LogP contribution in [0.25, 0.3) is 0 Å². The minimum absolute atomic E-state index is 0.185. The van der Waals surface area contributed by atoms with E-state index in [9.17, 15) is 4.79 Å². The van der Waals surface area contributed by atoms with Crippen molar-refractivity contribution >= 4 is 5.97 Å². The lowest BCUT2D eigenvalue weighted by atomic mass is 9.93. The molecule has 1 atom stereocenters. The van der Waals surface area contributed by atoms with Crippen molar-refractivity contribution in [2.75, 3.05) is 20.3 Å². The Morgan fingerprint density at radius 1 is 1.44 bits per heavy atom. The molecule has 1 saturated carbocycles. The standard InChI is InChI=1S/C14H27NO3/c1-5-6-9-18-10-14(12-7-8-12,13(16)17-4)15-11(2)3/h11-12,15H,5-10H2,1-4H3. The first-order valence-corrected chi connectivity index (χ1v) is 7.00. The number of methoxy groups -OCH3 is 1. The Morgan fingerprint density at radius 2 is 2.11 bits per heavy atom. The molecule has 0 saturated heterocycles. The van der Waals surface area contributed by atoms with E-state index in [0.717, 1.165) is 25.7 Å². The molecule has 1 N–H and O–H groups in total. The molecule has 1 aliphatic rings. The smallest absolute Gasteiger partial charge is 0.328 e. The monoisotopic (exact) mass is 257 g/mol. The number of esters is 1. The largest absolute Gasteiger partial charge is 0.468 e. The third kappa shape index (κ3) is 3.95.